The van der Waals surface area contributed by atoms with Gasteiger partial charge in [0.1, 0.15) is 12.1 Å². The summed E-state index contributed by atoms with van der Waals surface area (Å²) in [6.07, 6.45) is 10.2. The van der Waals surface area contributed by atoms with E-state index in [0.29, 0.717) is 6.04 Å². The van der Waals surface area contributed by atoms with Crippen molar-refractivity contribution in [3.63, 3.8) is 0 Å². The number of nitrogens with one attached hydrogen (secondary N) is 1. The molecule has 0 aliphatic carbocycles. The molecule has 3 saturated heterocycles. The molecule has 0 amide bonds. The molecule has 6 rings (SSSR count). The molecular weight excluding hydrogens is 360 g/mol. The summed E-state index contributed by atoms with van der Waals surface area (Å²) in [4.78, 5) is 14.4. The summed E-state index contributed by atoms with van der Waals surface area (Å²) in [5, 5.41) is 8.22. The number of hydrogen-bond donors (Lipinski definition) is 1. The van der Waals surface area contributed by atoms with Gasteiger partial charge < -0.3 is 4.90 Å². The molecule has 0 saturated carbocycles. The minimum atomic E-state index is 0.702. The second-order valence-electron chi connectivity index (χ2n) is 9.13. The third-order valence-corrected chi connectivity index (χ3v) is 7.36. The fraction of sp³-hybridized carbons (Fsp3) is 0.522. The van der Waals surface area contributed by atoms with E-state index in [4.69, 9.17) is 0 Å². The largest absolute Gasteiger partial charge is 0.355 e. The molecule has 6 heteroatoms. The molecule has 3 aliphatic heterocycles. The lowest BCUT2D eigenvalue weighted by Crippen LogP contribution is -2.62. The van der Waals surface area contributed by atoms with Crippen LogP contribution in [-0.2, 0) is 6.42 Å². The highest BCUT2D eigenvalue weighted by molar-refractivity contribution is 5.86. The van der Waals surface area contributed by atoms with Crippen molar-refractivity contribution in [2.24, 2.45) is 11.8 Å². The van der Waals surface area contributed by atoms with Crippen LogP contribution in [0.3, 0.4) is 0 Å². The Bertz CT molecular complexity index is 985. The van der Waals surface area contributed by atoms with Crippen molar-refractivity contribution < 1.29 is 0 Å². The second-order valence-corrected chi connectivity index (χ2v) is 9.13. The smallest absolute Gasteiger partial charge is 0.160 e. The van der Waals surface area contributed by atoms with Gasteiger partial charge in [-0.25, -0.2) is 9.97 Å². The van der Waals surface area contributed by atoms with Crippen molar-refractivity contribution in [1.29, 1.82) is 0 Å². The minimum Gasteiger partial charge on any atom is -0.355 e. The summed E-state index contributed by atoms with van der Waals surface area (Å²) in [7, 11) is 0. The lowest BCUT2D eigenvalue weighted by Gasteiger charge is -2.55. The zero-order valence-corrected chi connectivity index (χ0v) is 16.7. The van der Waals surface area contributed by atoms with Crippen LogP contribution in [0, 0.1) is 11.8 Å². The highest BCUT2D eigenvalue weighted by Gasteiger charge is 2.45. The summed E-state index contributed by atoms with van der Waals surface area (Å²) in [5.41, 5.74) is 2.33. The highest BCUT2D eigenvalue weighted by atomic mass is 15.3. The van der Waals surface area contributed by atoms with Gasteiger partial charge in [-0.2, -0.15) is 5.10 Å². The van der Waals surface area contributed by atoms with E-state index < -0.39 is 0 Å². The number of nitrogens with zero attached hydrogens (tertiary/aromatic N) is 5. The maximum absolute atomic E-state index is 4.65. The Morgan fingerprint density at radius 1 is 1.03 bits per heavy atom. The lowest BCUT2D eigenvalue weighted by molar-refractivity contribution is -0.0187. The van der Waals surface area contributed by atoms with Crippen molar-refractivity contribution in [2.45, 2.75) is 44.2 Å². The van der Waals surface area contributed by atoms with E-state index in [-0.39, 0.29) is 0 Å². The average molecular weight is 389 g/mol. The van der Waals surface area contributed by atoms with Crippen molar-refractivity contribution in [1.82, 2.24) is 25.1 Å². The van der Waals surface area contributed by atoms with Gasteiger partial charge in [0, 0.05) is 31.7 Å². The highest BCUT2D eigenvalue weighted by Crippen LogP contribution is 2.41. The molecule has 6 nitrogen and oxygen atoms in total. The molecule has 5 heterocycles. The molecule has 3 fully saturated rings. The molecule has 2 aromatic heterocycles. The third kappa shape index (κ3) is 3.10. The number of hydrogen-bond acceptors (Lipinski definition) is 5. The molecule has 1 aromatic carbocycles. The molecule has 1 N–H and O–H groups in total. The molecule has 29 heavy (non-hydrogen) atoms. The van der Waals surface area contributed by atoms with Crippen LogP contribution >= 0.6 is 0 Å². The van der Waals surface area contributed by atoms with Gasteiger partial charge in [-0.1, -0.05) is 36.8 Å². The summed E-state index contributed by atoms with van der Waals surface area (Å²) in [6, 6.07) is 12.5. The fourth-order valence-corrected chi connectivity index (χ4v) is 6.19. The van der Waals surface area contributed by atoms with Crippen LogP contribution in [0.2, 0.25) is 0 Å². The van der Waals surface area contributed by atoms with E-state index in [1.807, 2.05) is 6.20 Å². The number of fused-ring (bicyclic) bond motifs is 5. The number of piperidine rings is 3. The number of aromatic nitrogens is 4. The number of rotatable bonds is 3. The van der Waals surface area contributed by atoms with Crippen LogP contribution in [0.15, 0.2) is 42.9 Å². The van der Waals surface area contributed by atoms with E-state index in [0.717, 1.165) is 47.8 Å². The van der Waals surface area contributed by atoms with Crippen LogP contribution in [0.1, 0.15) is 31.2 Å². The minimum absolute atomic E-state index is 0.702. The van der Waals surface area contributed by atoms with Crippen LogP contribution in [0.5, 0.6) is 0 Å². The molecule has 2 bridgehead atoms. The molecule has 0 radical (unpaired) electrons. The van der Waals surface area contributed by atoms with Gasteiger partial charge in [-0.3, -0.25) is 10.00 Å². The van der Waals surface area contributed by atoms with E-state index in [1.54, 1.807) is 6.33 Å². The number of H-pyrrole nitrogens is 1. The summed E-state index contributed by atoms with van der Waals surface area (Å²) in [5.74, 6) is 2.51. The van der Waals surface area contributed by atoms with Crippen molar-refractivity contribution in [2.75, 3.05) is 24.5 Å². The molecule has 150 valence electrons. The number of anilines is 1. The number of benzene rings is 1. The van der Waals surface area contributed by atoms with E-state index >= 15 is 0 Å². The Morgan fingerprint density at radius 2 is 1.97 bits per heavy atom. The zero-order valence-electron chi connectivity index (χ0n) is 16.7. The lowest BCUT2D eigenvalue weighted by atomic mass is 9.74. The van der Waals surface area contributed by atoms with Gasteiger partial charge >= 0.3 is 0 Å². The van der Waals surface area contributed by atoms with Gasteiger partial charge in [0.15, 0.2) is 5.65 Å². The van der Waals surface area contributed by atoms with Gasteiger partial charge in [0.2, 0.25) is 0 Å². The third-order valence-electron chi connectivity index (χ3n) is 7.36. The summed E-state index contributed by atoms with van der Waals surface area (Å²) in [6.45, 7) is 3.43. The Balaban J connectivity index is 1.24. The van der Waals surface area contributed by atoms with E-state index in [9.17, 15) is 0 Å². The Kier molecular flexibility index (Phi) is 4.26. The molecular formula is C23H28N6. The molecule has 0 unspecified atom stereocenters. The topological polar surface area (TPSA) is 60.9 Å². The van der Waals surface area contributed by atoms with E-state index in [2.05, 4.69) is 60.3 Å². The quantitative estimate of drug-likeness (QED) is 0.746. The maximum Gasteiger partial charge on any atom is 0.160 e. The van der Waals surface area contributed by atoms with E-state index in [1.165, 1.54) is 44.2 Å². The normalized spacial score (nSPS) is 29.7. The molecule has 3 aromatic rings. The van der Waals surface area contributed by atoms with Crippen molar-refractivity contribution in [3.8, 4) is 0 Å². The Morgan fingerprint density at radius 3 is 2.90 bits per heavy atom. The Hall–Kier alpha value is -2.47. The first kappa shape index (κ1) is 17.4. The van der Waals surface area contributed by atoms with Gasteiger partial charge in [0.05, 0.1) is 11.6 Å². The fourth-order valence-electron chi connectivity index (χ4n) is 6.19. The predicted molar refractivity (Wildman–Crippen MR) is 114 cm³/mol. The maximum atomic E-state index is 4.65. The standard InChI is InChI=1S/C23H28N6/c1-2-5-16(6-3-1)10-19-7-4-8-21-18-9-17(13-29(19)21)12-28(14-18)23-20-11-26-27-22(20)24-15-25-23/h1-3,5-6,11,15,17-19,21H,4,7-10,12-14H2,(H,24,25,26,27)/t17-,18+,19+,21-/m0/s1. The van der Waals surface area contributed by atoms with Gasteiger partial charge in [-0.15, -0.1) is 0 Å². The first-order valence-electron chi connectivity index (χ1n) is 11.0. The molecule has 0 spiro atoms. The first-order valence-corrected chi connectivity index (χ1v) is 11.0. The summed E-state index contributed by atoms with van der Waals surface area (Å²) >= 11 is 0. The monoisotopic (exact) mass is 388 g/mol. The Labute approximate surface area is 171 Å². The van der Waals surface area contributed by atoms with Crippen LogP contribution in [0.25, 0.3) is 11.0 Å². The average Bonchev–Trinajstić information content (AvgIpc) is 3.24. The van der Waals surface area contributed by atoms with Crippen molar-refractivity contribution >= 4 is 16.9 Å². The van der Waals surface area contributed by atoms with Gasteiger partial charge in [0.25, 0.3) is 0 Å². The number of aromatic amines is 1. The second kappa shape index (κ2) is 7.10. The SMILES string of the molecule is c1ccc(C[C@H]2CCC[C@H]3[C@@H]4C[C@@H](CN(c5ncnc6[nH]ncc56)C4)CN23)cc1. The van der Waals surface area contributed by atoms with Crippen LogP contribution < -0.4 is 4.90 Å². The summed E-state index contributed by atoms with van der Waals surface area (Å²) < 4.78 is 0. The van der Waals surface area contributed by atoms with Crippen LogP contribution in [-0.4, -0.2) is 56.8 Å². The first-order chi connectivity index (χ1) is 14.3. The van der Waals surface area contributed by atoms with Gasteiger partial charge in [-0.05, 0) is 43.1 Å². The molecule has 4 atom stereocenters. The van der Waals surface area contributed by atoms with Crippen molar-refractivity contribution in [3.05, 3.63) is 48.4 Å². The predicted octanol–water partition coefficient (Wildman–Crippen LogP) is 3.27. The zero-order chi connectivity index (χ0) is 19.2. The van der Waals surface area contributed by atoms with Crippen LogP contribution in [0.4, 0.5) is 5.82 Å². The molecule has 3 aliphatic rings.